The van der Waals surface area contributed by atoms with Crippen molar-refractivity contribution in [3.63, 3.8) is 0 Å². The highest BCUT2D eigenvalue weighted by Gasteiger charge is 2.31. The summed E-state index contributed by atoms with van der Waals surface area (Å²) in [6.45, 7) is 2.85. The number of aromatic nitrogens is 3. The van der Waals surface area contributed by atoms with Crippen molar-refractivity contribution in [1.29, 1.82) is 0 Å². The van der Waals surface area contributed by atoms with Crippen LogP contribution in [0.2, 0.25) is 0 Å². The van der Waals surface area contributed by atoms with Crippen LogP contribution in [0, 0.1) is 6.92 Å². The van der Waals surface area contributed by atoms with E-state index in [1.807, 2.05) is 0 Å². The lowest BCUT2D eigenvalue weighted by Crippen LogP contribution is -2.26. The molecule has 1 heterocycles. The lowest BCUT2D eigenvalue weighted by atomic mass is 10.0. The number of hydrogen-bond acceptors (Lipinski definition) is 4. The number of rotatable bonds is 7. The van der Waals surface area contributed by atoms with Crippen LogP contribution < -0.4 is 5.32 Å². The second-order valence-electron chi connectivity index (χ2n) is 5.50. The number of carbonyl (C=O) groups excluding carboxylic acids is 1. The number of alkyl halides is 3. The minimum atomic E-state index is -4.50. The topological polar surface area (TPSA) is 69.0 Å². The molecule has 0 fully saturated rings. The van der Waals surface area contributed by atoms with Crippen molar-refractivity contribution >= 4 is 5.91 Å². The summed E-state index contributed by atoms with van der Waals surface area (Å²) in [5, 5.41) is 10.3. The molecule has 0 bridgehead atoms. The molecule has 1 aromatic carbocycles. The van der Waals surface area contributed by atoms with Crippen molar-refractivity contribution in [2.24, 2.45) is 0 Å². The average molecular weight is 356 g/mol. The van der Waals surface area contributed by atoms with E-state index in [1.54, 1.807) is 18.6 Å². The molecule has 0 unspecified atom stereocenters. The third-order valence-corrected chi connectivity index (χ3v) is 3.66. The number of halogens is 3. The fraction of sp³-hybridized carbons (Fsp3) is 0.438. The molecule has 6 nitrogen and oxygen atoms in total. The minimum absolute atomic E-state index is 0.0136. The van der Waals surface area contributed by atoms with Crippen molar-refractivity contribution in [2.75, 3.05) is 13.7 Å². The molecule has 0 aliphatic carbocycles. The molecule has 136 valence electrons. The first kappa shape index (κ1) is 18.9. The smallest absolute Gasteiger partial charge is 0.385 e. The van der Waals surface area contributed by atoms with E-state index < -0.39 is 17.6 Å². The van der Waals surface area contributed by atoms with E-state index in [2.05, 4.69) is 15.5 Å². The lowest BCUT2D eigenvalue weighted by Gasteiger charge is -2.12. The maximum absolute atomic E-state index is 12.8. The van der Waals surface area contributed by atoms with Gasteiger partial charge in [0.2, 0.25) is 0 Å². The molecule has 2 rings (SSSR count). The highest BCUT2D eigenvalue weighted by atomic mass is 19.4. The van der Waals surface area contributed by atoms with Crippen molar-refractivity contribution in [3.8, 4) is 0 Å². The van der Waals surface area contributed by atoms with Crippen LogP contribution in [-0.2, 0) is 24.0 Å². The quantitative estimate of drug-likeness (QED) is 0.774. The highest BCUT2D eigenvalue weighted by Crippen LogP contribution is 2.30. The van der Waals surface area contributed by atoms with Crippen molar-refractivity contribution in [2.45, 2.75) is 32.6 Å². The van der Waals surface area contributed by atoms with Gasteiger partial charge in [-0.05, 0) is 31.0 Å². The van der Waals surface area contributed by atoms with Crippen LogP contribution in [0.1, 0.15) is 33.7 Å². The van der Waals surface area contributed by atoms with Gasteiger partial charge in [0.05, 0.1) is 12.1 Å². The third-order valence-electron chi connectivity index (χ3n) is 3.66. The van der Waals surface area contributed by atoms with E-state index in [9.17, 15) is 18.0 Å². The maximum Gasteiger partial charge on any atom is 0.416 e. The van der Waals surface area contributed by atoms with Gasteiger partial charge in [0.25, 0.3) is 5.91 Å². The number of nitrogens with one attached hydrogen (secondary N) is 1. The maximum atomic E-state index is 12.8. The van der Waals surface area contributed by atoms with Crippen molar-refractivity contribution in [1.82, 2.24) is 20.1 Å². The number of methoxy groups -OCH3 is 1. The first-order valence-electron chi connectivity index (χ1n) is 7.64. The predicted octanol–water partition coefficient (Wildman–Crippen LogP) is 2.57. The minimum Gasteiger partial charge on any atom is -0.385 e. The first-order valence-corrected chi connectivity index (χ1v) is 7.64. The molecule has 0 spiro atoms. The predicted molar refractivity (Wildman–Crippen MR) is 83.9 cm³/mol. The molecular weight excluding hydrogens is 337 g/mol. The molecule has 25 heavy (non-hydrogen) atoms. The van der Waals surface area contributed by atoms with Gasteiger partial charge < -0.3 is 14.6 Å². The van der Waals surface area contributed by atoms with E-state index in [0.29, 0.717) is 24.5 Å². The van der Waals surface area contributed by atoms with Gasteiger partial charge in [-0.3, -0.25) is 4.79 Å². The van der Waals surface area contributed by atoms with Crippen LogP contribution in [0.25, 0.3) is 0 Å². The van der Waals surface area contributed by atoms with Crippen molar-refractivity contribution in [3.05, 3.63) is 47.0 Å². The summed E-state index contributed by atoms with van der Waals surface area (Å²) in [7, 11) is 1.60. The summed E-state index contributed by atoms with van der Waals surface area (Å²) in [6, 6.07) is 3.09. The van der Waals surface area contributed by atoms with Gasteiger partial charge in [0, 0.05) is 25.8 Å². The standard InChI is InChI=1S/C16H19F3N4O2/c1-11-4-5-12(16(17,18)19)8-13(11)15(24)20-9-14-22-21-10-23(14)6-3-7-25-2/h4-5,8,10H,3,6-7,9H2,1-2H3,(H,20,24). The van der Waals surface area contributed by atoms with Crippen molar-refractivity contribution < 1.29 is 22.7 Å². The summed E-state index contributed by atoms with van der Waals surface area (Å²) in [5.41, 5.74) is -0.404. The number of nitrogens with zero attached hydrogens (tertiary/aromatic N) is 3. The molecule has 2 aromatic rings. The molecule has 9 heteroatoms. The zero-order valence-corrected chi connectivity index (χ0v) is 13.9. The molecule has 0 radical (unpaired) electrons. The number of aryl methyl sites for hydroxylation is 2. The van der Waals surface area contributed by atoms with E-state index in [4.69, 9.17) is 4.74 Å². The summed E-state index contributed by atoms with van der Waals surface area (Å²) < 4.78 is 45.2. The molecule has 1 N–H and O–H groups in total. The largest absolute Gasteiger partial charge is 0.416 e. The van der Waals surface area contributed by atoms with Crippen LogP contribution in [0.3, 0.4) is 0 Å². The van der Waals surface area contributed by atoms with Gasteiger partial charge in [-0.25, -0.2) is 0 Å². The number of carbonyl (C=O) groups is 1. The molecule has 1 amide bonds. The van der Waals surface area contributed by atoms with Gasteiger partial charge in [-0.15, -0.1) is 10.2 Å². The molecule has 0 atom stereocenters. The summed E-state index contributed by atoms with van der Waals surface area (Å²) in [6.07, 6.45) is -2.21. The van der Waals surface area contributed by atoms with E-state index in [0.717, 1.165) is 18.6 Å². The summed E-state index contributed by atoms with van der Waals surface area (Å²) in [5.74, 6) is -0.0656. The van der Waals surface area contributed by atoms with Crippen LogP contribution in [-0.4, -0.2) is 34.4 Å². The molecular formula is C16H19F3N4O2. The van der Waals surface area contributed by atoms with Crippen LogP contribution >= 0.6 is 0 Å². The van der Waals surface area contributed by atoms with Crippen LogP contribution in [0.5, 0.6) is 0 Å². The van der Waals surface area contributed by atoms with Gasteiger partial charge in [-0.1, -0.05) is 6.07 Å². The lowest BCUT2D eigenvalue weighted by molar-refractivity contribution is -0.137. The molecule has 1 aromatic heterocycles. The monoisotopic (exact) mass is 356 g/mol. The zero-order valence-electron chi connectivity index (χ0n) is 13.9. The van der Waals surface area contributed by atoms with E-state index in [-0.39, 0.29) is 12.1 Å². The Labute approximate surface area is 143 Å². The van der Waals surface area contributed by atoms with Gasteiger partial charge in [0.15, 0.2) is 5.82 Å². The molecule has 0 saturated heterocycles. The number of amides is 1. The van der Waals surface area contributed by atoms with Gasteiger partial charge in [-0.2, -0.15) is 13.2 Å². The number of ether oxygens (including phenoxy) is 1. The fourth-order valence-corrected chi connectivity index (χ4v) is 2.28. The Bertz CT molecular complexity index is 728. The fourth-order valence-electron chi connectivity index (χ4n) is 2.28. The Morgan fingerprint density at radius 2 is 2.12 bits per heavy atom. The Kier molecular flexibility index (Phi) is 6.13. The van der Waals surface area contributed by atoms with Gasteiger partial charge in [0.1, 0.15) is 6.33 Å². The Morgan fingerprint density at radius 3 is 2.80 bits per heavy atom. The third kappa shape index (κ3) is 5.02. The Balaban J connectivity index is 2.05. The van der Waals surface area contributed by atoms with Gasteiger partial charge >= 0.3 is 6.18 Å². The molecule has 0 aliphatic rings. The van der Waals surface area contributed by atoms with Crippen LogP contribution in [0.4, 0.5) is 13.2 Å². The molecule has 0 saturated carbocycles. The average Bonchev–Trinajstić information content (AvgIpc) is 2.99. The Morgan fingerprint density at radius 1 is 1.36 bits per heavy atom. The second-order valence-corrected chi connectivity index (χ2v) is 5.50. The first-order chi connectivity index (χ1) is 11.8. The normalized spacial score (nSPS) is 11.6. The Hall–Kier alpha value is -2.42. The highest BCUT2D eigenvalue weighted by molar-refractivity contribution is 5.95. The number of benzene rings is 1. The van der Waals surface area contributed by atoms with Crippen LogP contribution in [0.15, 0.2) is 24.5 Å². The SMILES string of the molecule is COCCCn1cnnc1CNC(=O)c1cc(C(F)(F)F)ccc1C. The second kappa shape index (κ2) is 8.11. The number of hydrogen-bond donors (Lipinski definition) is 1. The van der Waals surface area contributed by atoms with E-state index in [1.165, 1.54) is 12.4 Å². The molecule has 0 aliphatic heterocycles. The zero-order chi connectivity index (χ0) is 18.4. The summed E-state index contributed by atoms with van der Waals surface area (Å²) in [4.78, 5) is 12.3. The van der Waals surface area contributed by atoms with E-state index >= 15 is 0 Å². The summed E-state index contributed by atoms with van der Waals surface area (Å²) >= 11 is 0.